The Morgan fingerprint density at radius 2 is 1.36 bits per heavy atom. The van der Waals surface area contributed by atoms with E-state index >= 15 is 0 Å². The summed E-state index contributed by atoms with van der Waals surface area (Å²) >= 11 is 0. The molecule has 7 heteroatoms. The van der Waals surface area contributed by atoms with Crippen LogP contribution in [0.2, 0.25) is 0 Å². The van der Waals surface area contributed by atoms with Gasteiger partial charge in [0.2, 0.25) is 0 Å². The number of rotatable bonds is 15. The zero-order chi connectivity index (χ0) is 23.3. The van der Waals surface area contributed by atoms with E-state index in [9.17, 15) is 4.79 Å². The molecule has 0 N–H and O–H groups in total. The highest BCUT2D eigenvalue weighted by atomic mass is 16.6. The minimum Gasteiger partial charge on any atom is -0.499 e. The van der Waals surface area contributed by atoms with Crippen molar-refractivity contribution in [2.24, 2.45) is 0 Å². The highest BCUT2D eigenvalue weighted by Gasteiger charge is 2.29. The van der Waals surface area contributed by atoms with Gasteiger partial charge < -0.3 is 28.6 Å². The molecule has 0 saturated heterocycles. The standard InChI is InChI=1S/C26H33NO6/c1-3-29-14-15-31-18-19-32-17-16-30-13-12-27(2)26(28)33-20-25-23-10-6-4-8-21(23)22-9-5-7-11-24(22)25/h3-11,25H,1,12-20H2,2H3. The maximum absolute atomic E-state index is 12.5. The Morgan fingerprint density at radius 1 is 0.848 bits per heavy atom. The van der Waals surface area contributed by atoms with Crippen molar-refractivity contribution in [1.29, 1.82) is 0 Å². The quantitative estimate of drug-likeness (QED) is 0.298. The van der Waals surface area contributed by atoms with Gasteiger partial charge in [0.05, 0.1) is 45.9 Å². The molecular weight excluding hydrogens is 422 g/mol. The van der Waals surface area contributed by atoms with Crippen LogP contribution in [-0.2, 0) is 23.7 Å². The Bertz CT molecular complexity index is 841. The maximum atomic E-state index is 12.5. The van der Waals surface area contributed by atoms with Crippen molar-refractivity contribution in [3.63, 3.8) is 0 Å². The van der Waals surface area contributed by atoms with Gasteiger partial charge in [0.1, 0.15) is 13.2 Å². The summed E-state index contributed by atoms with van der Waals surface area (Å²) in [5, 5.41) is 0. The molecule has 0 radical (unpaired) electrons. The van der Waals surface area contributed by atoms with E-state index in [0.717, 1.165) is 0 Å². The Hall–Kier alpha value is -2.87. The second-order valence-electron chi connectivity index (χ2n) is 7.60. The smallest absolute Gasteiger partial charge is 0.409 e. The second-order valence-corrected chi connectivity index (χ2v) is 7.60. The number of ether oxygens (including phenoxy) is 5. The van der Waals surface area contributed by atoms with E-state index < -0.39 is 0 Å². The summed E-state index contributed by atoms with van der Waals surface area (Å²) in [6.45, 7) is 7.57. The van der Waals surface area contributed by atoms with E-state index in [0.29, 0.717) is 59.4 Å². The number of carbonyl (C=O) groups is 1. The third-order valence-corrected chi connectivity index (χ3v) is 5.43. The third-order valence-electron chi connectivity index (χ3n) is 5.43. The molecule has 0 aliphatic heterocycles. The highest BCUT2D eigenvalue weighted by Crippen LogP contribution is 2.44. The number of fused-ring (bicyclic) bond motifs is 3. The van der Waals surface area contributed by atoms with Crippen molar-refractivity contribution in [3.05, 3.63) is 72.5 Å². The number of hydrogen-bond donors (Lipinski definition) is 0. The first-order chi connectivity index (χ1) is 16.2. The number of carbonyl (C=O) groups excluding carboxylic acids is 1. The van der Waals surface area contributed by atoms with Crippen LogP contribution in [-0.4, -0.2) is 77.4 Å². The van der Waals surface area contributed by atoms with E-state index in [1.807, 2.05) is 24.3 Å². The van der Waals surface area contributed by atoms with Gasteiger partial charge in [-0.05, 0) is 22.3 Å². The van der Waals surface area contributed by atoms with Gasteiger partial charge in [-0.15, -0.1) is 0 Å². The third kappa shape index (κ3) is 7.32. The van der Waals surface area contributed by atoms with Crippen LogP contribution in [0.5, 0.6) is 0 Å². The molecule has 0 atom stereocenters. The Labute approximate surface area is 195 Å². The molecule has 2 aromatic rings. The van der Waals surface area contributed by atoms with Crippen molar-refractivity contribution in [1.82, 2.24) is 4.90 Å². The second kappa shape index (κ2) is 13.6. The molecule has 0 saturated carbocycles. The highest BCUT2D eigenvalue weighted by molar-refractivity contribution is 5.79. The first-order valence-corrected chi connectivity index (χ1v) is 11.2. The lowest BCUT2D eigenvalue weighted by Gasteiger charge is -2.19. The van der Waals surface area contributed by atoms with Gasteiger partial charge in [-0.3, -0.25) is 0 Å². The SMILES string of the molecule is C=COCCOCCOCCOCCN(C)C(=O)OCC1c2ccccc2-c2ccccc21. The molecule has 3 rings (SSSR count). The number of hydrogen-bond acceptors (Lipinski definition) is 6. The summed E-state index contributed by atoms with van der Waals surface area (Å²) in [5.41, 5.74) is 4.83. The van der Waals surface area contributed by atoms with Gasteiger partial charge in [-0.2, -0.15) is 0 Å². The van der Waals surface area contributed by atoms with Crippen LogP contribution >= 0.6 is 0 Å². The summed E-state index contributed by atoms with van der Waals surface area (Å²) in [4.78, 5) is 14.0. The first kappa shape index (κ1) is 24.8. The molecule has 178 valence electrons. The lowest BCUT2D eigenvalue weighted by molar-refractivity contribution is 0.00410. The molecule has 2 aromatic carbocycles. The number of nitrogens with zero attached hydrogens (tertiary/aromatic N) is 1. The average Bonchev–Trinajstić information content (AvgIpc) is 3.16. The molecule has 1 aliphatic rings. The molecule has 0 bridgehead atoms. The van der Waals surface area contributed by atoms with E-state index in [-0.39, 0.29) is 12.0 Å². The molecular formula is C26H33NO6. The number of amides is 1. The van der Waals surface area contributed by atoms with Crippen LogP contribution in [0.1, 0.15) is 17.0 Å². The fraction of sp³-hybridized carbons (Fsp3) is 0.423. The van der Waals surface area contributed by atoms with E-state index in [1.54, 1.807) is 7.05 Å². The first-order valence-electron chi connectivity index (χ1n) is 11.2. The summed E-state index contributed by atoms with van der Waals surface area (Å²) in [6, 6.07) is 16.6. The maximum Gasteiger partial charge on any atom is 0.409 e. The van der Waals surface area contributed by atoms with Gasteiger partial charge in [0.15, 0.2) is 0 Å². The zero-order valence-corrected chi connectivity index (χ0v) is 19.2. The van der Waals surface area contributed by atoms with Crippen molar-refractivity contribution in [3.8, 4) is 11.1 Å². The minimum atomic E-state index is -0.353. The fourth-order valence-electron chi connectivity index (χ4n) is 3.73. The molecule has 1 amide bonds. The van der Waals surface area contributed by atoms with Crippen LogP contribution in [0.3, 0.4) is 0 Å². The van der Waals surface area contributed by atoms with Crippen molar-refractivity contribution < 1.29 is 28.5 Å². The molecule has 0 spiro atoms. The molecule has 0 fully saturated rings. The van der Waals surface area contributed by atoms with Crippen molar-refractivity contribution >= 4 is 6.09 Å². The largest absolute Gasteiger partial charge is 0.499 e. The van der Waals surface area contributed by atoms with E-state index in [4.69, 9.17) is 23.7 Å². The van der Waals surface area contributed by atoms with Crippen LogP contribution in [0.25, 0.3) is 11.1 Å². The van der Waals surface area contributed by atoms with Gasteiger partial charge in [0, 0.05) is 19.5 Å². The van der Waals surface area contributed by atoms with E-state index in [1.165, 1.54) is 33.4 Å². The summed E-state index contributed by atoms with van der Waals surface area (Å²) in [5.74, 6) is 0.0571. The Morgan fingerprint density at radius 3 is 1.94 bits per heavy atom. The molecule has 0 heterocycles. The molecule has 1 aliphatic carbocycles. The number of likely N-dealkylation sites (N-methyl/N-ethyl adjacent to an activating group) is 1. The summed E-state index contributed by atoms with van der Waals surface area (Å²) in [6.07, 6.45) is 1.04. The molecule has 0 unspecified atom stereocenters. The van der Waals surface area contributed by atoms with Gasteiger partial charge in [-0.1, -0.05) is 55.1 Å². The molecule has 33 heavy (non-hydrogen) atoms. The monoisotopic (exact) mass is 455 g/mol. The summed E-state index contributed by atoms with van der Waals surface area (Å²) in [7, 11) is 1.71. The van der Waals surface area contributed by atoms with Crippen molar-refractivity contribution in [2.75, 3.05) is 66.4 Å². The molecule has 0 aromatic heterocycles. The van der Waals surface area contributed by atoms with Gasteiger partial charge in [0.25, 0.3) is 0 Å². The zero-order valence-electron chi connectivity index (χ0n) is 19.2. The van der Waals surface area contributed by atoms with Gasteiger partial charge >= 0.3 is 6.09 Å². The van der Waals surface area contributed by atoms with Gasteiger partial charge in [-0.25, -0.2) is 4.79 Å². The topological polar surface area (TPSA) is 66.5 Å². The molecule has 7 nitrogen and oxygen atoms in total. The normalized spacial score (nSPS) is 12.2. The fourth-order valence-corrected chi connectivity index (χ4v) is 3.73. The number of benzene rings is 2. The van der Waals surface area contributed by atoms with Crippen LogP contribution in [0.4, 0.5) is 4.79 Å². The Kier molecular flexibility index (Phi) is 10.2. The minimum absolute atomic E-state index is 0.0571. The predicted molar refractivity (Wildman–Crippen MR) is 126 cm³/mol. The van der Waals surface area contributed by atoms with Crippen LogP contribution < -0.4 is 0 Å². The Balaban J connectivity index is 1.28. The lowest BCUT2D eigenvalue weighted by Crippen LogP contribution is -2.32. The summed E-state index contributed by atoms with van der Waals surface area (Å²) < 4.78 is 26.9. The average molecular weight is 456 g/mol. The van der Waals surface area contributed by atoms with Crippen LogP contribution in [0.15, 0.2) is 61.4 Å². The predicted octanol–water partition coefficient (Wildman–Crippen LogP) is 4.08. The van der Waals surface area contributed by atoms with Crippen LogP contribution in [0, 0.1) is 0 Å². The lowest BCUT2D eigenvalue weighted by atomic mass is 9.98. The van der Waals surface area contributed by atoms with Crippen molar-refractivity contribution in [2.45, 2.75) is 5.92 Å². The van der Waals surface area contributed by atoms with E-state index in [2.05, 4.69) is 30.8 Å².